The molecule has 1 N–H and O–H groups in total. The van der Waals surface area contributed by atoms with Crippen molar-refractivity contribution in [2.24, 2.45) is 7.05 Å². The number of benzene rings is 1. The number of piperidine rings is 1. The quantitative estimate of drug-likeness (QED) is 0.924. The minimum atomic E-state index is -0.460. The molecule has 2 heterocycles. The molecule has 0 saturated carbocycles. The van der Waals surface area contributed by atoms with Crippen molar-refractivity contribution in [2.45, 2.75) is 18.8 Å². The van der Waals surface area contributed by atoms with Gasteiger partial charge in [-0.2, -0.15) is 5.10 Å². The highest BCUT2D eigenvalue weighted by atomic mass is 19.1. The predicted molar refractivity (Wildman–Crippen MR) is 82.1 cm³/mol. The highest BCUT2D eigenvalue weighted by Crippen LogP contribution is 2.29. The highest BCUT2D eigenvalue weighted by Gasteiger charge is 2.27. The standard InChI is InChI=1S/C16H18F2N4O/c1-21-15(6-7-19-21)20-16(23)22-8-2-3-11(10-22)13-9-12(17)4-5-14(13)18/h4-7,9,11H,2-3,8,10H2,1H3,(H,20,23)/t11-/m1/s1. The second-order valence-electron chi connectivity index (χ2n) is 5.72. The number of urea groups is 1. The van der Waals surface area contributed by atoms with E-state index in [4.69, 9.17) is 0 Å². The molecule has 7 heteroatoms. The average Bonchev–Trinajstić information content (AvgIpc) is 2.95. The zero-order valence-electron chi connectivity index (χ0n) is 12.8. The van der Waals surface area contributed by atoms with Gasteiger partial charge in [0, 0.05) is 32.1 Å². The molecule has 0 bridgehead atoms. The van der Waals surface area contributed by atoms with Crippen LogP contribution in [0.3, 0.4) is 0 Å². The van der Waals surface area contributed by atoms with E-state index in [1.165, 1.54) is 6.07 Å². The Morgan fingerprint density at radius 3 is 2.91 bits per heavy atom. The zero-order chi connectivity index (χ0) is 16.4. The molecule has 1 atom stereocenters. The molecule has 2 amide bonds. The van der Waals surface area contributed by atoms with Crippen molar-refractivity contribution in [2.75, 3.05) is 18.4 Å². The lowest BCUT2D eigenvalue weighted by molar-refractivity contribution is 0.192. The van der Waals surface area contributed by atoms with E-state index in [2.05, 4.69) is 10.4 Å². The largest absolute Gasteiger partial charge is 0.324 e. The number of halogens is 2. The van der Waals surface area contributed by atoms with Gasteiger partial charge in [0.15, 0.2) is 0 Å². The minimum absolute atomic E-state index is 0.197. The number of hydrogen-bond donors (Lipinski definition) is 1. The summed E-state index contributed by atoms with van der Waals surface area (Å²) in [4.78, 5) is 14.0. The van der Waals surface area contributed by atoms with Gasteiger partial charge in [-0.1, -0.05) is 0 Å². The van der Waals surface area contributed by atoms with Gasteiger partial charge in [-0.05, 0) is 36.6 Å². The van der Waals surface area contributed by atoms with Crippen LogP contribution in [0.4, 0.5) is 19.4 Å². The van der Waals surface area contributed by atoms with E-state index in [9.17, 15) is 13.6 Å². The monoisotopic (exact) mass is 320 g/mol. The molecule has 1 aliphatic rings. The van der Waals surface area contributed by atoms with Crippen LogP contribution >= 0.6 is 0 Å². The summed E-state index contributed by atoms with van der Waals surface area (Å²) in [7, 11) is 1.73. The van der Waals surface area contributed by atoms with Crippen molar-refractivity contribution < 1.29 is 13.6 Å². The second kappa shape index (κ2) is 6.36. The molecule has 122 valence electrons. The molecule has 0 unspecified atom stereocenters. The fourth-order valence-electron chi connectivity index (χ4n) is 2.93. The van der Waals surface area contributed by atoms with Crippen LogP contribution < -0.4 is 5.32 Å². The Morgan fingerprint density at radius 1 is 1.35 bits per heavy atom. The van der Waals surface area contributed by atoms with E-state index >= 15 is 0 Å². The summed E-state index contributed by atoms with van der Waals surface area (Å²) in [5.74, 6) is -0.492. The van der Waals surface area contributed by atoms with Gasteiger partial charge in [-0.15, -0.1) is 0 Å². The van der Waals surface area contributed by atoms with E-state index in [0.717, 1.165) is 25.0 Å². The van der Waals surface area contributed by atoms with E-state index in [1.807, 2.05) is 0 Å². The number of carbonyl (C=O) groups is 1. The summed E-state index contributed by atoms with van der Waals surface area (Å²) >= 11 is 0. The molecule has 0 spiro atoms. The van der Waals surface area contributed by atoms with Crippen LogP contribution in [0.15, 0.2) is 30.5 Å². The topological polar surface area (TPSA) is 50.2 Å². The molecular weight excluding hydrogens is 302 g/mol. The van der Waals surface area contributed by atoms with E-state index < -0.39 is 11.6 Å². The van der Waals surface area contributed by atoms with Gasteiger partial charge in [-0.3, -0.25) is 10.00 Å². The first-order valence-electron chi connectivity index (χ1n) is 7.53. The van der Waals surface area contributed by atoms with Crippen LogP contribution in [0.25, 0.3) is 0 Å². The van der Waals surface area contributed by atoms with E-state index in [1.54, 1.807) is 28.9 Å². The second-order valence-corrected chi connectivity index (χ2v) is 5.72. The number of aryl methyl sites for hydroxylation is 1. The Bertz CT molecular complexity index is 716. The molecule has 23 heavy (non-hydrogen) atoms. The normalized spacial score (nSPS) is 18.0. The maximum Gasteiger partial charge on any atom is 0.323 e. The minimum Gasteiger partial charge on any atom is -0.324 e. The fraction of sp³-hybridized carbons (Fsp3) is 0.375. The molecular formula is C16H18F2N4O. The van der Waals surface area contributed by atoms with Crippen molar-refractivity contribution in [1.82, 2.24) is 14.7 Å². The van der Waals surface area contributed by atoms with Gasteiger partial charge < -0.3 is 4.90 Å². The number of nitrogens with zero attached hydrogens (tertiary/aromatic N) is 3. The van der Waals surface area contributed by atoms with Crippen molar-refractivity contribution in [3.63, 3.8) is 0 Å². The Balaban J connectivity index is 1.72. The zero-order valence-corrected chi connectivity index (χ0v) is 12.8. The number of hydrogen-bond acceptors (Lipinski definition) is 2. The molecule has 1 fully saturated rings. The summed E-state index contributed by atoms with van der Waals surface area (Å²) in [6.07, 6.45) is 3.08. The van der Waals surface area contributed by atoms with Crippen LogP contribution in [0.5, 0.6) is 0 Å². The van der Waals surface area contributed by atoms with Crippen LogP contribution in [-0.2, 0) is 7.05 Å². The Hall–Kier alpha value is -2.44. The molecule has 1 aromatic carbocycles. The number of rotatable bonds is 2. The molecule has 1 aliphatic heterocycles. The molecule has 1 saturated heterocycles. The van der Waals surface area contributed by atoms with E-state index in [-0.39, 0.29) is 11.9 Å². The van der Waals surface area contributed by atoms with Crippen molar-refractivity contribution in [1.29, 1.82) is 0 Å². The number of anilines is 1. The number of likely N-dealkylation sites (tertiary alicyclic amines) is 1. The van der Waals surface area contributed by atoms with Crippen LogP contribution in [0.2, 0.25) is 0 Å². The molecule has 0 aliphatic carbocycles. The lowest BCUT2D eigenvalue weighted by Gasteiger charge is -2.33. The Morgan fingerprint density at radius 2 is 2.17 bits per heavy atom. The van der Waals surface area contributed by atoms with Gasteiger partial charge in [0.2, 0.25) is 0 Å². The summed E-state index contributed by atoms with van der Waals surface area (Å²) in [5, 5.41) is 6.77. The number of carbonyl (C=O) groups excluding carboxylic acids is 1. The van der Waals surface area contributed by atoms with Crippen LogP contribution in [0, 0.1) is 11.6 Å². The maximum atomic E-state index is 13.9. The van der Waals surface area contributed by atoms with Gasteiger partial charge >= 0.3 is 6.03 Å². The van der Waals surface area contributed by atoms with Crippen molar-refractivity contribution in [3.8, 4) is 0 Å². The van der Waals surface area contributed by atoms with Gasteiger partial charge in [-0.25, -0.2) is 13.6 Å². The average molecular weight is 320 g/mol. The molecule has 0 radical (unpaired) electrons. The third-order valence-electron chi connectivity index (χ3n) is 4.16. The van der Waals surface area contributed by atoms with Gasteiger partial charge in [0.1, 0.15) is 17.5 Å². The first-order valence-corrected chi connectivity index (χ1v) is 7.53. The summed E-state index contributed by atoms with van der Waals surface area (Å²) < 4.78 is 28.9. The lowest BCUT2D eigenvalue weighted by atomic mass is 9.90. The molecule has 5 nitrogen and oxygen atoms in total. The lowest BCUT2D eigenvalue weighted by Crippen LogP contribution is -2.42. The molecule has 3 rings (SSSR count). The first kappa shape index (κ1) is 15.5. The maximum absolute atomic E-state index is 13.9. The van der Waals surface area contributed by atoms with E-state index in [0.29, 0.717) is 24.5 Å². The van der Waals surface area contributed by atoms with Crippen LogP contribution in [0.1, 0.15) is 24.3 Å². The van der Waals surface area contributed by atoms with Gasteiger partial charge in [0.05, 0.1) is 6.20 Å². The third-order valence-corrected chi connectivity index (χ3v) is 4.16. The first-order chi connectivity index (χ1) is 11.0. The number of aromatic nitrogens is 2. The summed E-state index contributed by atoms with van der Waals surface area (Å²) in [6, 6.07) is 4.91. The van der Waals surface area contributed by atoms with Gasteiger partial charge in [0.25, 0.3) is 0 Å². The SMILES string of the molecule is Cn1nccc1NC(=O)N1CCC[C@@H](c2cc(F)ccc2F)C1. The number of nitrogens with one attached hydrogen (secondary N) is 1. The fourth-order valence-corrected chi connectivity index (χ4v) is 2.93. The van der Waals surface area contributed by atoms with Crippen LogP contribution in [-0.4, -0.2) is 33.8 Å². The smallest absolute Gasteiger partial charge is 0.323 e. The van der Waals surface area contributed by atoms with Crippen molar-refractivity contribution >= 4 is 11.8 Å². The predicted octanol–water partition coefficient (Wildman–Crippen LogP) is 3.11. The number of amides is 2. The Labute approximate surface area is 132 Å². The molecule has 1 aromatic heterocycles. The molecule has 2 aromatic rings. The highest BCUT2D eigenvalue weighted by molar-refractivity contribution is 5.88. The van der Waals surface area contributed by atoms with Crippen molar-refractivity contribution in [3.05, 3.63) is 47.7 Å². The third kappa shape index (κ3) is 3.33. The Kier molecular flexibility index (Phi) is 4.27. The summed E-state index contributed by atoms with van der Waals surface area (Å²) in [5.41, 5.74) is 0.336. The summed E-state index contributed by atoms with van der Waals surface area (Å²) in [6.45, 7) is 0.960.